The largest absolute Gasteiger partial charge is 0.480 e. The van der Waals surface area contributed by atoms with E-state index in [9.17, 15) is 18.0 Å². The maximum Gasteiger partial charge on any atom is 0.416 e. The number of hydrogen-bond acceptors (Lipinski definition) is 5. The molecule has 0 aliphatic carbocycles. The molecule has 1 N–H and O–H groups in total. The lowest BCUT2D eigenvalue weighted by atomic mass is 10.0. The minimum Gasteiger partial charge on any atom is -0.480 e. The van der Waals surface area contributed by atoms with Crippen molar-refractivity contribution >= 4 is 5.91 Å². The van der Waals surface area contributed by atoms with E-state index in [0.29, 0.717) is 43.9 Å². The van der Waals surface area contributed by atoms with Gasteiger partial charge in [0, 0.05) is 31.7 Å². The van der Waals surface area contributed by atoms with Gasteiger partial charge in [-0.15, -0.1) is 10.2 Å². The van der Waals surface area contributed by atoms with Crippen LogP contribution in [0.5, 0.6) is 5.88 Å². The molecule has 6 nitrogen and oxygen atoms in total. The number of hydrogen-bond donors (Lipinski definition) is 1. The monoisotopic (exact) mass is 394 g/mol. The van der Waals surface area contributed by atoms with Crippen LogP contribution in [0.2, 0.25) is 0 Å². The van der Waals surface area contributed by atoms with Gasteiger partial charge in [0.15, 0.2) is 5.69 Å². The van der Waals surface area contributed by atoms with E-state index in [4.69, 9.17) is 4.74 Å². The molecule has 2 heterocycles. The zero-order valence-corrected chi connectivity index (χ0v) is 15.4. The van der Waals surface area contributed by atoms with E-state index >= 15 is 0 Å². The van der Waals surface area contributed by atoms with Gasteiger partial charge in [-0.3, -0.25) is 9.69 Å². The van der Waals surface area contributed by atoms with Crippen LogP contribution >= 0.6 is 0 Å². The average molecular weight is 394 g/mol. The van der Waals surface area contributed by atoms with Gasteiger partial charge in [-0.2, -0.15) is 13.2 Å². The molecule has 1 fully saturated rings. The van der Waals surface area contributed by atoms with Gasteiger partial charge in [-0.05, 0) is 30.5 Å². The Kier molecular flexibility index (Phi) is 6.13. The van der Waals surface area contributed by atoms with Crippen LogP contribution in [-0.4, -0.2) is 47.2 Å². The average Bonchev–Trinajstić information content (AvgIpc) is 2.69. The molecule has 1 saturated heterocycles. The van der Waals surface area contributed by atoms with Crippen molar-refractivity contribution in [3.8, 4) is 5.88 Å². The number of halogens is 3. The van der Waals surface area contributed by atoms with Gasteiger partial charge < -0.3 is 10.1 Å². The number of amides is 1. The SMILES string of the molecule is COc1ccc(C(=O)NC2CCN(Cc3cccc(C(F)(F)F)c3)CC2)nn1. The summed E-state index contributed by atoms with van der Waals surface area (Å²) in [6.07, 6.45) is -2.90. The maximum atomic E-state index is 12.8. The summed E-state index contributed by atoms with van der Waals surface area (Å²) in [7, 11) is 1.47. The van der Waals surface area contributed by atoms with Gasteiger partial charge in [0.2, 0.25) is 5.88 Å². The lowest BCUT2D eigenvalue weighted by molar-refractivity contribution is -0.137. The van der Waals surface area contributed by atoms with Crippen molar-refractivity contribution in [2.75, 3.05) is 20.2 Å². The Labute approximate surface area is 160 Å². The highest BCUT2D eigenvalue weighted by molar-refractivity contribution is 5.92. The second-order valence-corrected chi connectivity index (χ2v) is 6.68. The fourth-order valence-electron chi connectivity index (χ4n) is 3.15. The first-order valence-electron chi connectivity index (χ1n) is 8.92. The molecule has 0 radical (unpaired) electrons. The number of alkyl halides is 3. The molecule has 9 heteroatoms. The van der Waals surface area contributed by atoms with Crippen molar-refractivity contribution < 1.29 is 22.7 Å². The van der Waals surface area contributed by atoms with Crippen LogP contribution < -0.4 is 10.1 Å². The van der Waals surface area contributed by atoms with Crippen LogP contribution in [0.25, 0.3) is 0 Å². The summed E-state index contributed by atoms with van der Waals surface area (Å²) >= 11 is 0. The van der Waals surface area contributed by atoms with E-state index in [1.54, 1.807) is 18.2 Å². The Balaban J connectivity index is 1.50. The zero-order chi connectivity index (χ0) is 20.1. The molecule has 0 spiro atoms. The molecule has 28 heavy (non-hydrogen) atoms. The molecule has 0 unspecified atom stereocenters. The Morgan fingerprint density at radius 3 is 2.57 bits per heavy atom. The van der Waals surface area contributed by atoms with Gasteiger partial charge in [-0.1, -0.05) is 18.2 Å². The second-order valence-electron chi connectivity index (χ2n) is 6.68. The molecule has 0 atom stereocenters. The van der Waals surface area contributed by atoms with Crippen LogP contribution in [0.1, 0.15) is 34.5 Å². The van der Waals surface area contributed by atoms with Gasteiger partial charge in [-0.25, -0.2) is 0 Å². The summed E-state index contributed by atoms with van der Waals surface area (Å²) in [6, 6.07) is 8.51. The maximum absolute atomic E-state index is 12.8. The number of piperidine rings is 1. The van der Waals surface area contributed by atoms with Gasteiger partial charge in [0.05, 0.1) is 12.7 Å². The smallest absolute Gasteiger partial charge is 0.416 e. The normalized spacial score (nSPS) is 16.0. The molecule has 0 saturated carbocycles. The van der Waals surface area contributed by atoms with Crippen LogP contribution in [0.3, 0.4) is 0 Å². The lowest BCUT2D eigenvalue weighted by Crippen LogP contribution is -2.44. The van der Waals surface area contributed by atoms with Crippen molar-refractivity contribution in [1.29, 1.82) is 0 Å². The summed E-state index contributed by atoms with van der Waals surface area (Å²) in [5.41, 5.74) is 0.214. The third-order valence-electron chi connectivity index (χ3n) is 4.67. The molecule has 1 aliphatic rings. The number of benzene rings is 1. The molecule has 1 aliphatic heterocycles. The number of nitrogens with one attached hydrogen (secondary N) is 1. The van der Waals surface area contributed by atoms with Gasteiger partial charge in [0.1, 0.15) is 0 Å². The number of aromatic nitrogens is 2. The highest BCUT2D eigenvalue weighted by atomic mass is 19.4. The predicted octanol–water partition coefficient (Wildman–Crippen LogP) is 2.90. The number of nitrogens with zero attached hydrogens (tertiary/aromatic N) is 3. The highest BCUT2D eigenvalue weighted by Gasteiger charge is 2.30. The molecule has 2 aromatic rings. The Bertz CT molecular complexity index is 804. The van der Waals surface area contributed by atoms with E-state index in [1.807, 2.05) is 0 Å². The summed E-state index contributed by atoms with van der Waals surface area (Å²) < 4.78 is 43.4. The van der Waals surface area contributed by atoms with E-state index in [1.165, 1.54) is 19.2 Å². The third-order valence-corrected chi connectivity index (χ3v) is 4.67. The Morgan fingerprint density at radius 1 is 1.21 bits per heavy atom. The van der Waals surface area contributed by atoms with Gasteiger partial charge in [0.25, 0.3) is 5.91 Å². The van der Waals surface area contributed by atoms with Gasteiger partial charge >= 0.3 is 6.18 Å². The standard InChI is InChI=1S/C19H21F3N4O2/c1-28-17-6-5-16(24-25-17)18(27)23-15-7-9-26(10-8-15)12-13-3-2-4-14(11-13)19(20,21)22/h2-6,11,15H,7-10,12H2,1H3,(H,23,27). The fraction of sp³-hybridized carbons (Fsp3) is 0.421. The lowest BCUT2D eigenvalue weighted by Gasteiger charge is -2.32. The number of methoxy groups -OCH3 is 1. The van der Waals surface area contributed by atoms with Crippen LogP contribution in [-0.2, 0) is 12.7 Å². The number of likely N-dealkylation sites (tertiary alicyclic amines) is 1. The number of ether oxygens (including phenoxy) is 1. The summed E-state index contributed by atoms with van der Waals surface area (Å²) in [5, 5.41) is 10.5. The van der Waals surface area contributed by atoms with E-state index in [0.717, 1.165) is 6.07 Å². The molecule has 1 aromatic carbocycles. The summed E-state index contributed by atoms with van der Waals surface area (Å²) in [5.74, 6) is 0.0333. The van der Waals surface area contributed by atoms with Crippen molar-refractivity contribution in [1.82, 2.24) is 20.4 Å². The molecular formula is C19H21F3N4O2. The summed E-state index contributed by atoms with van der Waals surface area (Å²) in [4.78, 5) is 14.3. The zero-order valence-electron chi connectivity index (χ0n) is 15.4. The van der Waals surface area contributed by atoms with E-state index in [2.05, 4.69) is 20.4 Å². The van der Waals surface area contributed by atoms with Crippen molar-refractivity contribution in [3.63, 3.8) is 0 Å². The molecule has 1 aromatic heterocycles. The molecule has 0 bridgehead atoms. The first-order chi connectivity index (χ1) is 13.3. The molecule has 150 valence electrons. The summed E-state index contributed by atoms with van der Waals surface area (Å²) in [6.45, 7) is 1.83. The molecular weight excluding hydrogens is 373 g/mol. The third kappa shape index (κ3) is 5.19. The first-order valence-corrected chi connectivity index (χ1v) is 8.92. The van der Waals surface area contributed by atoms with Crippen LogP contribution in [0.15, 0.2) is 36.4 Å². The molecule has 1 amide bonds. The quantitative estimate of drug-likeness (QED) is 0.845. The van der Waals surface area contributed by atoms with Crippen LogP contribution in [0.4, 0.5) is 13.2 Å². The van der Waals surface area contributed by atoms with E-state index < -0.39 is 11.7 Å². The minimum atomic E-state index is -4.34. The number of carbonyl (C=O) groups is 1. The van der Waals surface area contributed by atoms with Crippen molar-refractivity contribution in [2.24, 2.45) is 0 Å². The first kappa shape index (κ1) is 20.1. The van der Waals surface area contributed by atoms with E-state index in [-0.39, 0.29) is 17.6 Å². The van der Waals surface area contributed by atoms with Crippen LogP contribution in [0, 0.1) is 0 Å². The fourth-order valence-corrected chi connectivity index (χ4v) is 3.15. The number of carbonyl (C=O) groups excluding carboxylic acids is 1. The van der Waals surface area contributed by atoms with Crippen molar-refractivity contribution in [2.45, 2.75) is 31.6 Å². The predicted molar refractivity (Wildman–Crippen MR) is 95.8 cm³/mol. The molecule has 3 rings (SSSR count). The number of rotatable bonds is 5. The second kappa shape index (κ2) is 8.55. The Morgan fingerprint density at radius 2 is 1.96 bits per heavy atom. The van der Waals surface area contributed by atoms with Crippen molar-refractivity contribution in [3.05, 3.63) is 53.2 Å². The Hall–Kier alpha value is -2.68. The minimum absolute atomic E-state index is 0.00541. The highest BCUT2D eigenvalue weighted by Crippen LogP contribution is 2.30. The topological polar surface area (TPSA) is 67.3 Å².